The molecule has 2 nitrogen and oxygen atoms in total. The van der Waals surface area contributed by atoms with Crippen molar-refractivity contribution in [3.8, 4) is 5.75 Å². The van der Waals surface area contributed by atoms with Crippen molar-refractivity contribution in [2.45, 2.75) is 38.5 Å². The summed E-state index contributed by atoms with van der Waals surface area (Å²) in [6.45, 7) is 2.18. The maximum Gasteiger partial charge on any atom is 0.115 e. The van der Waals surface area contributed by atoms with Gasteiger partial charge in [0.2, 0.25) is 0 Å². The van der Waals surface area contributed by atoms with E-state index in [-0.39, 0.29) is 0 Å². The van der Waals surface area contributed by atoms with E-state index in [1.165, 1.54) is 36.8 Å². The van der Waals surface area contributed by atoms with Crippen LogP contribution in [0.5, 0.6) is 5.75 Å². The van der Waals surface area contributed by atoms with Crippen molar-refractivity contribution < 1.29 is 5.11 Å². The second-order valence-corrected chi connectivity index (χ2v) is 5.82. The molecule has 0 amide bonds. The Labute approximate surface area is 134 Å². The summed E-state index contributed by atoms with van der Waals surface area (Å²) in [5.74, 6) is 0.345. The van der Waals surface area contributed by atoms with E-state index in [0.29, 0.717) is 5.75 Å². The number of phenols is 1. The number of hydrogen-bond donors (Lipinski definition) is 2. The first-order valence-electron chi connectivity index (χ1n) is 8.37. The number of benzene rings is 2. The highest BCUT2D eigenvalue weighted by molar-refractivity contribution is 5.25. The van der Waals surface area contributed by atoms with E-state index in [2.05, 4.69) is 35.6 Å². The van der Waals surface area contributed by atoms with Crippen molar-refractivity contribution in [1.29, 1.82) is 0 Å². The van der Waals surface area contributed by atoms with Crippen LogP contribution in [0, 0.1) is 0 Å². The van der Waals surface area contributed by atoms with Gasteiger partial charge < -0.3 is 10.4 Å². The van der Waals surface area contributed by atoms with Gasteiger partial charge in [-0.2, -0.15) is 0 Å². The molecule has 2 aromatic rings. The van der Waals surface area contributed by atoms with Gasteiger partial charge in [-0.25, -0.2) is 0 Å². The molecule has 0 spiro atoms. The molecule has 0 aliphatic heterocycles. The number of unbranched alkanes of at least 4 members (excludes halogenated alkanes) is 2. The fourth-order valence-electron chi connectivity index (χ4n) is 2.61. The van der Waals surface area contributed by atoms with Crippen molar-refractivity contribution in [2.24, 2.45) is 0 Å². The third-order valence-electron chi connectivity index (χ3n) is 3.92. The van der Waals surface area contributed by atoms with Gasteiger partial charge in [0, 0.05) is 0 Å². The average molecular weight is 297 g/mol. The minimum atomic E-state index is 0.345. The summed E-state index contributed by atoms with van der Waals surface area (Å²) in [5.41, 5.74) is 2.74. The van der Waals surface area contributed by atoms with E-state index in [4.69, 9.17) is 0 Å². The molecule has 0 fully saturated rings. The standard InChI is InChI=1S/C20H27NO/c22-20-14-12-19(13-15-20)11-7-17-21-16-6-2-5-10-18-8-3-1-4-9-18/h1,3-4,8-9,12-15,21-22H,2,5-7,10-11,16-17H2. The molecule has 0 atom stereocenters. The first-order valence-corrected chi connectivity index (χ1v) is 8.37. The highest BCUT2D eigenvalue weighted by Gasteiger charge is 1.95. The number of rotatable bonds is 10. The summed E-state index contributed by atoms with van der Waals surface area (Å²) in [6.07, 6.45) is 7.24. The third-order valence-corrected chi connectivity index (χ3v) is 3.92. The van der Waals surface area contributed by atoms with Crippen LogP contribution < -0.4 is 5.32 Å². The summed E-state index contributed by atoms with van der Waals surface area (Å²) >= 11 is 0. The Morgan fingerprint density at radius 1 is 0.636 bits per heavy atom. The lowest BCUT2D eigenvalue weighted by molar-refractivity contribution is 0.475. The Morgan fingerprint density at radius 2 is 1.27 bits per heavy atom. The molecule has 118 valence electrons. The molecule has 2 aromatic carbocycles. The van der Waals surface area contributed by atoms with E-state index in [9.17, 15) is 5.11 Å². The number of aryl methyl sites for hydroxylation is 2. The van der Waals surface area contributed by atoms with E-state index in [0.717, 1.165) is 25.9 Å². The molecule has 2 rings (SSSR count). The van der Waals surface area contributed by atoms with Gasteiger partial charge >= 0.3 is 0 Å². The average Bonchev–Trinajstić information content (AvgIpc) is 2.56. The second kappa shape index (κ2) is 10.0. The van der Waals surface area contributed by atoms with E-state index < -0.39 is 0 Å². The zero-order chi connectivity index (χ0) is 15.5. The third kappa shape index (κ3) is 6.77. The molecule has 0 radical (unpaired) electrons. The molecule has 2 N–H and O–H groups in total. The Bertz CT molecular complexity index is 507. The Hall–Kier alpha value is -1.80. The second-order valence-electron chi connectivity index (χ2n) is 5.82. The van der Waals surface area contributed by atoms with Gasteiger partial charge in [0.15, 0.2) is 0 Å². The molecule has 0 aliphatic carbocycles. The summed E-state index contributed by atoms with van der Waals surface area (Å²) in [6, 6.07) is 18.2. The maximum absolute atomic E-state index is 9.23. The van der Waals surface area contributed by atoms with Crippen LogP contribution in [0.2, 0.25) is 0 Å². The van der Waals surface area contributed by atoms with Crippen molar-refractivity contribution in [3.63, 3.8) is 0 Å². The highest BCUT2D eigenvalue weighted by atomic mass is 16.3. The first-order chi connectivity index (χ1) is 10.8. The summed E-state index contributed by atoms with van der Waals surface area (Å²) < 4.78 is 0. The van der Waals surface area contributed by atoms with Gasteiger partial charge in [-0.05, 0) is 68.5 Å². The topological polar surface area (TPSA) is 32.3 Å². The maximum atomic E-state index is 9.23. The molecular weight excluding hydrogens is 270 g/mol. The van der Waals surface area contributed by atoms with Crippen LogP contribution >= 0.6 is 0 Å². The monoisotopic (exact) mass is 297 g/mol. The molecule has 0 unspecified atom stereocenters. The number of nitrogens with one attached hydrogen (secondary N) is 1. The van der Waals surface area contributed by atoms with E-state index >= 15 is 0 Å². The number of phenolic OH excluding ortho intramolecular Hbond substituents is 1. The predicted octanol–water partition coefficient (Wildman–Crippen LogP) is 4.33. The van der Waals surface area contributed by atoms with Crippen molar-refractivity contribution >= 4 is 0 Å². The Kier molecular flexibility index (Phi) is 7.54. The van der Waals surface area contributed by atoms with Crippen LogP contribution in [0.15, 0.2) is 54.6 Å². The lowest BCUT2D eigenvalue weighted by Crippen LogP contribution is -2.17. The van der Waals surface area contributed by atoms with Crippen LogP contribution in [0.25, 0.3) is 0 Å². The number of hydrogen-bond acceptors (Lipinski definition) is 2. The SMILES string of the molecule is Oc1ccc(CCCNCCCCCc2ccccc2)cc1. The lowest BCUT2D eigenvalue weighted by Gasteiger charge is -2.05. The van der Waals surface area contributed by atoms with Crippen LogP contribution in [-0.2, 0) is 12.8 Å². The fraction of sp³-hybridized carbons (Fsp3) is 0.400. The van der Waals surface area contributed by atoms with Crippen LogP contribution in [0.3, 0.4) is 0 Å². The van der Waals surface area contributed by atoms with Crippen LogP contribution in [0.4, 0.5) is 0 Å². The number of aromatic hydroxyl groups is 1. The summed E-state index contributed by atoms with van der Waals surface area (Å²) in [4.78, 5) is 0. The normalized spacial score (nSPS) is 10.7. The minimum absolute atomic E-state index is 0.345. The summed E-state index contributed by atoms with van der Waals surface area (Å²) in [7, 11) is 0. The molecule has 0 aliphatic rings. The molecular formula is C20H27NO. The molecule has 0 saturated heterocycles. The van der Waals surface area contributed by atoms with Gasteiger partial charge in [-0.3, -0.25) is 0 Å². The quantitative estimate of drug-likeness (QED) is 0.640. The van der Waals surface area contributed by atoms with Gasteiger partial charge in [0.25, 0.3) is 0 Å². The lowest BCUT2D eigenvalue weighted by atomic mass is 10.1. The fourth-order valence-corrected chi connectivity index (χ4v) is 2.61. The predicted molar refractivity (Wildman–Crippen MR) is 93.3 cm³/mol. The zero-order valence-corrected chi connectivity index (χ0v) is 13.3. The molecule has 0 aromatic heterocycles. The van der Waals surface area contributed by atoms with Crippen molar-refractivity contribution in [3.05, 3.63) is 65.7 Å². The van der Waals surface area contributed by atoms with E-state index in [1.807, 2.05) is 12.1 Å². The van der Waals surface area contributed by atoms with Crippen LogP contribution in [-0.4, -0.2) is 18.2 Å². The molecule has 0 bridgehead atoms. The zero-order valence-electron chi connectivity index (χ0n) is 13.3. The van der Waals surface area contributed by atoms with Gasteiger partial charge in [-0.1, -0.05) is 48.9 Å². The van der Waals surface area contributed by atoms with Gasteiger partial charge in [0.1, 0.15) is 5.75 Å². The first kappa shape index (κ1) is 16.6. The highest BCUT2D eigenvalue weighted by Crippen LogP contribution is 2.10. The minimum Gasteiger partial charge on any atom is -0.508 e. The molecule has 0 heterocycles. The molecule has 2 heteroatoms. The molecule has 22 heavy (non-hydrogen) atoms. The van der Waals surface area contributed by atoms with Crippen molar-refractivity contribution in [1.82, 2.24) is 5.32 Å². The Balaban J connectivity index is 1.42. The largest absolute Gasteiger partial charge is 0.508 e. The smallest absolute Gasteiger partial charge is 0.115 e. The van der Waals surface area contributed by atoms with Gasteiger partial charge in [0.05, 0.1) is 0 Å². The van der Waals surface area contributed by atoms with Crippen LogP contribution in [0.1, 0.15) is 36.8 Å². The van der Waals surface area contributed by atoms with Gasteiger partial charge in [-0.15, -0.1) is 0 Å². The summed E-state index contributed by atoms with van der Waals surface area (Å²) in [5, 5.41) is 12.7. The Morgan fingerprint density at radius 3 is 2.05 bits per heavy atom. The van der Waals surface area contributed by atoms with Crippen molar-refractivity contribution in [2.75, 3.05) is 13.1 Å². The molecule has 0 saturated carbocycles. The van der Waals surface area contributed by atoms with E-state index in [1.54, 1.807) is 12.1 Å².